The van der Waals surface area contributed by atoms with Crippen molar-refractivity contribution < 1.29 is 14.3 Å². The molecule has 1 N–H and O–H groups in total. The van der Waals surface area contributed by atoms with Crippen molar-refractivity contribution in [2.24, 2.45) is 0 Å². The van der Waals surface area contributed by atoms with E-state index in [1.54, 1.807) is 0 Å². The molecule has 90 valence electrons. The second-order valence-corrected chi connectivity index (χ2v) is 4.93. The SMILES string of the molecule is CCOCCOC(=O)Cc1sc(=S)[nH]c1C. The zero-order valence-corrected chi connectivity index (χ0v) is 11.0. The average Bonchev–Trinajstić information content (AvgIpc) is 2.52. The molecular weight excluding hydrogens is 246 g/mol. The largest absolute Gasteiger partial charge is 0.463 e. The zero-order valence-electron chi connectivity index (χ0n) is 9.37. The topological polar surface area (TPSA) is 51.3 Å². The normalized spacial score (nSPS) is 10.4. The smallest absolute Gasteiger partial charge is 0.311 e. The van der Waals surface area contributed by atoms with E-state index >= 15 is 0 Å². The molecule has 1 heterocycles. The molecule has 6 heteroatoms. The number of esters is 1. The number of aromatic amines is 1. The van der Waals surface area contributed by atoms with Crippen LogP contribution in [0.2, 0.25) is 0 Å². The lowest BCUT2D eigenvalue weighted by atomic mass is 10.3. The van der Waals surface area contributed by atoms with E-state index in [1.807, 2.05) is 13.8 Å². The van der Waals surface area contributed by atoms with E-state index in [4.69, 9.17) is 21.7 Å². The van der Waals surface area contributed by atoms with Crippen molar-refractivity contribution in [3.63, 3.8) is 0 Å². The fourth-order valence-electron chi connectivity index (χ4n) is 1.15. The molecule has 0 atom stereocenters. The fourth-order valence-corrected chi connectivity index (χ4v) is 2.42. The van der Waals surface area contributed by atoms with E-state index in [9.17, 15) is 4.79 Å². The molecular formula is C10H15NO3S2. The Morgan fingerprint density at radius 2 is 2.25 bits per heavy atom. The molecule has 0 amide bonds. The van der Waals surface area contributed by atoms with Crippen molar-refractivity contribution in [3.8, 4) is 0 Å². The predicted octanol–water partition coefficient (Wildman–Crippen LogP) is 2.24. The van der Waals surface area contributed by atoms with Gasteiger partial charge in [0.05, 0.1) is 13.0 Å². The number of nitrogens with one attached hydrogen (secondary N) is 1. The summed E-state index contributed by atoms with van der Waals surface area (Å²) in [6, 6.07) is 0. The molecule has 1 aromatic rings. The van der Waals surface area contributed by atoms with Gasteiger partial charge in [-0.3, -0.25) is 4.79 Å². The summed E-state index contributed by atoms with van der Waals surface area (Å²) in [6.45, 7) is 5.19. The van der Waals surface area contributed by atoms with Crippen LogP contribution in [0.5, 0.6) is 0 Å². The maximum Gasteiger partial charge on any atom is 0.311 e. The van der Waals surface area contributed by atoms with Crippen LogP contribution in [0.25, 0.3) is 0 Å². The first kappa shape index (κ1) is 13.3. The van der Waals surface area contributed by atoms with Crippen molar-refractivity contribution in [3.05, 3.63) is 14.5 Å². The van der Waals surface area contributed by atoms with Crippen molar-refractivity contribution in [1.82, 2.24) is 4.98 Å². The highest BCUT2D eigenvalue weighted by Gasteiger charge is 2.09. The highest BCUT2D eigenvalue weighted by Crippen LogP contribution is 2.15. The number of thiazole rings is 1. The van der Waals surface area contributed by atoms with Gasteiger partial charge in [0, 0.05) is 17.2 Å². The van der Waals surface area contributed by atoms with Crippen LogP contribution >= 0.6 is 23.6 Å². The van der Waals surface area contributed by atoms with Gasteiger partial charge < -0.3 is 14.5 Å². The van der Waals surface area contributed by atoms with Gasteiger partial charge in [-0.15, -0.1) is 11.3 Å². The van der Waals surface area contributed by atoms with Crippen LogP contribution in [0.3, 0.4) is 0 Å². The summed E-state index contributed by atoms with van der Waals surface area (Å²) in [4.78, 5) is 15.3. The summed E-state index contributed by atoms with van der Waals surface area (Å²) >= 11 is 6.40. The molecule has 0 aliphatic rings. The third kappa shape index (κ3) is 4.42. The molecule has 0 spiro atoms. The molecule has 0 aliphatic carbocycles. The fraction of sp³-hybridized carbons (Fsp3) is 0.600. The molecule has 1 aromatic heterocycles. The highest BCUT2D eigenvalue weighted by atomic mass is 32.1. The van der Waals surface area contributed by atoms with E-state index in [0.29, 0.717) is 23.8 Å². The van der Waals surface area contributed by atoms with Crippen LogP contribution in [-0.2, 0) is 20.7 Å². The Morgan fingerprint density at radius 1 is 1.50 bits per heavy atom. The quantitative estimate of drug-likeness (QED) is 0.485. The minimum absolute atomic E-state index is 0.243. The first-order valence-electron chi connectivity index (χ1n) is 5.05. The second-order valence-electron chi connectivity index (χ2n) is 3.16. The third-order valence-corrected chi connectivity index (χ3v) is 3.26. The van der Waals surface area contributed by atoms with Gasteiger partial charge in [0.2, 0.25) is 0 Å². The minimum Gasteiger partial charge on any atom is -0.463 e. The molecule has 16 heavy (non-hydrogen) atoms. The Hall–Kier alpha value is -0.720. The number of aryl methyl sites for hydroxylation is 1. The van der Waals surface area contributed by atoms with Crippen LogP contribution in [-0.4, -0.2) is 30.8 Å². The molecule has 0 saturated heterocycles. The number of aromatic nitrogens is 1. The Labute approximate surface area is 104 Å². The van der Waals surface area contributed by atoms with Crippen molar-refractivity contribution in [2.75, 3.05) is 19.8 Å². The lowest BCUT2D eigenvalue weighted by Crippen LogP contribution is -2.12. The number of carbonyl (C=O) groups excluding carboxylic acids is 1. The third-order valence-electron chi connectivity index (χ3n) is 1.92. The first-order valence-corrected chi connectivity index (χ1v) is 6.28. The number of H-pyrrole nitrogens is 1. The van der Waals surface area contributed by atoms with Gasteiger partial charge >= 0.3 is 5.97 Å². The van der Waals surface area contributed by atoms with E-state index in [-0.39, 0.29) is 12.4 Å². The van der Waals surface area contributed by atoms with Gasteiger partial charge in [-0.25, -0.2) is 0 Å². The molecule has 0 aromatic carbocycles. The van der Waals surface area contributed by atoms with Crippen molar-refractivity contribution >= 4 is 29.5 Å². The zero-order chi connectivity index (χ0) is 12.0. The Kier molecular flexibility index (Phi) is 5.65. The summed E-state index contributed by atoms with van der Waals surface area (Å²) in [7, 11) is 0. The van der Waals surface area contributed by atoms with Gasteiger partial charge in [0.15, 0.2) is 3.95 Å². The summed E-state index contributed by atoms with van der Waals surface area (Å²) < 4.78 is 10.8. The van der Waals surface area contributed by atoms with Crippen LogP contribution in [0.15, 0.2) is 0 Å². The summed E-state index contributed by atoms with van der Waals surface area (Å²) in [5.41, 5.74) is 0.941. The van der Waals surface area contributed by atoms with Crippen LogP contribution < -0.4 is 0 Å². The van der Waals surface area contributed by atoms with Crippen LogP contribution in [0.1, 0.15) is 17.5 Å². The van der Waals surface area contributed by atoms with Crippen LogP contribution in [0.4, 0.5) is 0 Å². The summed E-state index contributed by atoms with van der Waals surface area (Å²) in [6.07, 6.45) is 0.274. The Balaban J connectivity index is 2.34. The van der Waals surface area contributed by atoms with E-state index in [1.165, 1.54) is 11.3 Å². The number of rotatable bonds is 6. The average molecular weight is 261 g/mol. The van der Waals surface area contributed by atoms with Crippen molar-refractivity contribution in [2.45, 2.75) is 20.3 Å². The maximum atomic E-state index is 11.4. The van der Waals surface area contributed by atoms with Gasteiger partial charge in [0.25, 0.3) is 0 Å². The van der Waals surface area contributed by atoms with E-state index < -0.39 is 0 Å². The number of hydrogen-bond donors (Lipinski definition) is 1. The molecule has 0 unspecified atom stereocenters. The number of hydrogen-bond acceptors (Lipinski definition) is 5. The summed E-state index contributed by atoms with van der Waals surface area (Å²) in [5.74, 6) is -0.243. The lowest BCUT2D eigenvalue weighted by molar-refractivity contribution is -0.144. The summed E-state index contributed by atoms with van der Waals surface area (Å²) in [5, 5.41) is 0. The standard InChI is InChI=1S/C10H15NO3S2/c1-3-13-4-5-14-9(12)6-8-7(2)11-10(15)16-8/h3-6H2,1-2H3,(H,11,15). The molecule has 0 saturated carbocycles. The number of carbonyl (C=O) groups is 1. The molecule has 0 bridgehead atoms. The molecule has 0 radical (unpaired) electrons. The molecule has 4 nitrogen and oxygen atoms in total. The van der Waals surface area contributed by atoms with Gasteiger partial charge in [-0.1, -0.05) is 0 Å². The molecule has 0 aliphatic heterocycles. The highest BCUT2D eigenvalue weighted by molar-refractivity contribution is 7.73. The van der Waals surface area contributed by atoms with E-state index in [0.717, 1.165) is 10.6 Å². The Bertz CT molecular complexity index is 397. The van der Waals surface area contributed by atoms with Gasteiger partial charge in [-0.2, -0.15) is 0 Å². The first-order chi connectivity index (χ1) is 7.63. The Morgan fingerprint density at radius 3 is 2.81 bits per heavy atom. The predicted molar refractivity (Wildman–Crippen MR) is 65.4 cm³/mol. The van der Waals surface area contributed by atoms with Crippen LogP contribution in [0, 0.1) is 10.9 Å². The molecule has 1 rings (SSSR count). The lowest BCUT2D eigenvalue weighted by Gasteiger charge is -2.04. The van der Waals surface area contributed by atoms with Gasteiger partial charge in [0.1, 0.15) is 6.61 Å². The second kappa shape index (κ2) is 6.78. The van der Waals surface area contributed by atoms with Crippen molar-refractivity contribution in [1.29, 1.82) is 0 Å². The monoisotopic (exact) mass is 261 g/mol. The maximum absolute atomic E-state index is 11.4. The minimum atomic E-state index is -0.243. The van der Waals surface area contributed by atoms with Gasteiger partial charge in [-0.05, 0) is 26.1 Å². The molecule has 0 fully saturated rings. The number of ether oxygens (including phenoxy) is 2. The van der Waals surface area contributed by atoms with E-state index in [2.05, 4.69) is 4.98 Å².